The number of rotatable bonds is 2. The quantitative estimate of drug-likeness (QED) is 0.838. The van der Waals surface area contributed by atoms with Crippen LogP contribution in [0.3, 0.4) is 0 Å². The number of likely N-dealkylation sites (tertiary alicyclic amines) is 1. The maximum atomic E-state index is 12.3. The molecule has 1 aromatic rings. The normalized spacial score (nSPS) is 18.7. The standard InChI is InChI=1S/C17H28N4O2/c1-12-10-13(2)19-15(18-12)20(6)14-8-7-9-21(11-14)16(22)23-17(3,4)5/h10,14H,7-9,11H2,1-6H3/t14-/m1/s1. The Morgan fingerprint density at radius 1 is 1.30 bits per heavy atom. The molecule has 1 fully saturated rings. The molecule has 1 aromatic heterocycles. The molecule has 0 bridgehead atoms. The van der Waals surface area contributed by atoms with Gasteiger partial charge in [-0.1, -0.05) is 0 Å². The largest absolute Gasteiger partial charge is 0.444 e. The van der Waals surface area contributed by atoms with Gasteiger partial charge < -0.3 is 14.5 Å². The van der Waals surface area contributed by atoms with Crippen molar-refractivity contribution in [3.05, 3.63) is 17.5 Å². The van der Waals surface area contributed by atoms with Crippen molar-refractivity contribution in [3.63, 3.8) is 0 Å². The SMILES string of the molecule is Cc1cc(C)nc(N(C)[C@@H]2CCCN(C(=O)OC(C)(C)C)C2)n1. The molecule has 1 amide bonds. The van der Waals surface area contributed by atoms with Crippen LogP contribution in [-0.2, 0) is 4.74 Å². The molecular weight excluding hydrogens is 292 g/mol. The summed E-state index contributed by atoms with van der Waals surface area (Å²) in [5.74, 6) is 0.721. The lowest BCUT2D eigenvalue weighted by atomic mass is 10.1. The molecule has 0 N–H and O–H groups in total. The fraction of sp³-hybridized carbons (Fsp3) is 0.706. The van der Waals surface area contributed by atoms with E-state index in [1.54, 1.807) is 4.90 Å². The van der Waals surface area contributed by atoms with E-state index in [9.17, 15) is 4.79 Å². The van der Waals surface area contributed by atoms with Crippen LogP contribution in [0.15, 0.2) is 6.07 Å². The van der Waals surface area contributed by atoms with Crippen molar-refractivity contribution in [1.29, 1.82) is 0 Å². The minimum absolute atomic E-state index is 0.206. The van der Waals surface area contributed by atoms with Gasteiger partial charge in [-0.2, -0.15) is 0 Å². The van der Waals surface area contributed by atoms with Crippen molar-refractivity contribution < 1.29 is 9.53 Å². The number of amides is 1. The fourth-order valence-corrected chi connectivity index (χ4v) is 2.79. The zero-order chi connectivity index (χ0) is 17.2. The number of carbonyl (C=O) groups is 1. The summed E-state index contributed by atoms with van der Waals surface area (Å²) in [6.45, 7) is 11.0. The summed E-state index contributed by atoms with van der Waals surface area (Å²) >= 11 is 0. The van der Waals surface area contributed by atoms with E-state index in [0.717, 1.165) is 36.7 Å². The predicted molar refractivity (Wildman–Crippen MR) is 90.7 cm³/mol. The van der Waals surface area contributed by atoms with Crippen molar-refractivity contribution in [1.82, 2.24) is 14.9 Å². The van der Waals surface area contributed by atoms with Crippen LogP contribution in [0.5, 0.6) is 0 Å². The van der Waals surface area contributed by atoms with Crippen molar-refractivity contribution in [3.8, 4) is 0 Å². The molecule has 0 aliphatic carbocycles. The molecule has 0 unspecified atom stereocenters. The van der Waals surface area contributed by atoms with Crippen molar-refractivity contribution >= 4 is 12.0 Å². The number of aryl methyl sites for hydroxylation is 2. The summed E-state index contributed by atoms with van der Waals surface area (Å²) in [7, 11) is 2.00. The number of aromatic nitrogens is 2. The summed E-state index contributed by atoms with van der Waals surface area (Å²) in [6, 6.07) is 2.17. The van der Waals surface area contributed by atoms with Crippen LogP contribution in [0.25, 0.3) is 0 Å². The molecule has 0 radical (unpaired) electrons. The predicted octanol–water partition coefficient (Wildman–Crippen LogP) is 2.93. The minimum atomic E-state index is -0.466. The monoisotopic (exact) mass is 320 g/mol. The van der Waals surface area contributed by atoms with Gasteiger partial charge in [-0.25, -0.2) is 14.8 Å². The highest BCUT2D eigenvalue weighted by Gasteiger charge is 2.30. The van der Waals surface area contributed by atoms with Crippen LogP contribution in [0.2, 0.25) is 0 Å². The van der Waals surface area contributed by atoms with Gasteiger partial charge in [-0.05, 0) is 53.5 Å². The molecule has 1 aliphatic heterocycles. The summed E-state index contributed by atoms with van der Waals surface area (Å²) < 4.78 is 5.49. The summed E-state index contributed by atoms with van der Waals surface area (Å²) in [6.07, 6.45) is 1.74. The Morgan fingerprint density at radius 2 is 1.91 bits per heavy atom. The Kier molecular flexibility index (Phi) is 5.12. The number of carbonyl (C=O) groups excluding carboxylic acids is 1. The van der Waals surface area contributed by atoms with Crippen LogP contribution in [0, 0.1) is 13.8 Å². The Hall–Kier alpha value is -1.85. The van der Waals surface area contributed by atoms with E-state index in [1.807, 2.05) is 47.7 Å². The molecule has 23 heavy (non-hydrogen) atoms. The molecule has 0 spiro atoms. The third-order valence-corrected chi connectivity index (χ3v) is 3.88. The molecule has 1 atom stereocenters. The molecule has 6 nitrogen and oxygen atoms in total. The molecule has 2 heterocycles. The van der Waals surface area contributed by atoms with Crippen molar-refractivity contribution in [2.24, 2.45) is 0 Å². The topological polar surface area (TPSA) is 58.6 Å². The first-order chi connectivity index (χ1) is 10.7. The van der Waals surface area contributed by atoms with Crippen LogP contribution >= 0.6 is 0 Å². The zero-order valence-electron chi connectivity index (χ0n) is 15.1. The highest BCUT2D eigenvalue weighted by atomic mass is 16.6. The Balaban J connectivity index is 2.06. The first kappa shape index (κ1) is 17.5. The van der Waals surface area contributed by atoms with Crippen LogP contribution in [-0.4, -0.2) is 52.7 Å². The summed E-state index contributed by atoms with van der Waals surface area (Å²) in [5.41, 5.74) is 1.45. The van der Waals surface area contributed by atoms with Gasteiger partial charge in [-0.3, -0.25) is 0 Å². The van der Waals surface area contributed by atoms with Gasteiger partial charge in [0.25, 0.3) is 0 Å². The first-order valence-electron chi connectivity index (χ1n) is 8.19. The average Bonchev–Trinajstić information content (AvgIpc) is 2.44. The lowest BCUT2D eigenvalue weighted by molar-refractivity contribution is 0.0199. The van der Waals surface area contributed by atoms with Crippen LogP contribution in [0.1, 0.15) is 45.0 Å². The Morgan fingerprint density at radius 3 is 2.48 bits per heavy atom. The van der Waals surface area contributed by atoms with E-state index in [4.69, 9.17) is 4.74 Å². The van der Waals surface area contributed by atoms with E-state index in [1.165, 1.54) is 0 Å². The molecular formula is C17H28N4O2. The van der Waals surface area contributed by atoms with Crippen molar-refractivity contribution in [2.75, 3.05) is 25.0 Å². The van der Waals surface area contributed by atoms with Gasteiger partial charge in [0.2, 0.25) is 5.95 Å². The van der Waals surface area contributed by atoms with Gasteiger partial charge in [-0.15, -0.1) is 0 Å². The second kappa shape index (κ2) is 6.72. The number of anilines is 1. The fourth-order valence-electron chi connectivity index (χ4n) is 2.79. The number of hydrogen-bond acceptors (Lipinski definition) is 5. The van der Waals surface area contributed by atoms with Crippen LogP contribution in [0.4, 0.5) is 10.7 Å². The highest BCUT2D eigenvalue weighted by molar-refractivity contribution is 5.68. The Bertz CT molecular complexity index is 548. The van der Waals surface area contributed by atoms with E-state index in [0.29, 0.717) is 6.54 Å². The van der Waals surface area contributed by atoms with Gasteiger partial charge in [0.1, 0.15) is 5.60 Å². The number of likely N-dealkylation sites (N-methyl/N-ethyl adjacent to an activating group) is 1. The molecule has 1 aliphatic rings. The third kappa shape index (κ3) is 4.81. The number of nitrogens with zero attached hydrogens (tertiary/aromatic N) is 4. The molecule has 6 heteroatoms. The zero-order valence-corrected chi connectivity index (χ0v) is 15.1. The first-order valence-corrected chi connectivity index (χ1v) is 8.19. The van der Waals surface area contributed by atoms with Gasteiger partial charge in [0, 0.05) is 37.6 Å². The van der Waals surface area contributed by atoms with E-state index in [-0.39, 0.29) is 12.1 Å². The van der Waals surface area contributed by atoms with Gasteiger partial charge >= 0.3 is 6.09 Å². The van der Waals surface area contributed by atoms with Gasteiger partial charge in [0.15, 0.2) is 0 Å². The van der Waals surface area contributed by atoms with E-state index < -0.39 is 5.60 Å². The lowest BCUT2D eigenvalue weighted by Gasteiger charge is -2.38. The average molecular weight is 320 g/mol. The second-order valence-electron chi connectivity index (χ2n) is 7.28. The second-order valence-corrected chi connectivity index (χ2v) is 7.28. The number of ether oxygens (including phenoxy) is 1. The summed E-state index contributed by atoms with van der Waals surface area (Å²) in [5, 5.41) is 0. The van der Waals surface area contributed by atoms with Crippen molar-refractivity contribution in [2.45, 2.75) is 59.1 Å². The smallest absolute Gasteiger partial charge is 0.410 e. The Labute approximate surface area is 138 Å². The third-order valence-electron chi connectivity index (χ3n) is 3.88. The van der Waals surface area contributed by atoms with Gasteiger partial charge in [0.05, 0.1) is 0 Å². The maximum absolute atomic E-state index is 12.3. The number of hydrogen-bond donors (Lipinski definition) is 0. The highest BCUT2D eigenvalue weighted by Crippen LogP contribution is 2.21. The minimum Gasteiger partial charge on any atom is -0.444 e. The molecule has 2 rings (SSSR count). The number of piperidine rings is 1. The molecule has 0 aromatic carbocycles. The van der Waals surface area contributed by atoms with Crippen LogP contribution < -0.4 is 4.90 Å². The van der Waals surface area contributed by atoms with E-state index >= 15 is 0 Å². The molecule has 1 saturated heterocycles. The molecule has 0 saturated carbocycles. The summed E-state index contributed by atoms with van der Waals surface area (Å²) in [4.78, 5) is 25.2. The molecule has 128 valence electrons. The van der Waals surface area contributed by atoms with E-state index in [2.05, 4.69) is 14.9 Å². The maximum Gasteiger partial charge on any atom is 0.410 e. The lowest BCUT2D eigenvalue weighted by Crippen LogP contribution is -2.50.